The summed E-state index contributed by atoms with van der Waals surface area (Å²) in [6.45, 7) is 0.509. The Morgan fingerprint density at radius 3 is 3.00 bits per heavy atom. The lowest BCUT2D eigenvalue weighted by Gasteiger charge is -2.08. The first-order valence-electron chi connectivity index (χ1n) is 5.07. The molecular weight excluding hydrogens is 216 g/mol. The molecule has 0 aliphatic rings. The van der Waals surface area contributed by atoms with Crippen LogP contribution in [0.25, 0.3) is 0 Å². The third kappa shape index (κ3) is 2.34. The number of benzene rings is 1. The van der Waals surface area contributed by atoms with Gasteiger partial charge in [-0.1, -0.05) is 0 Å². The summed E-state index contributed by atoms with van der Waals surface area (Å²) >= 11 is 0. The number of nitrogens with two attached hydrogens (primary N) is 1. The molecular formula is C11H12N6. The minimum absolute atomic E-state index is 0.509. The second kappa shape index (κ2) is 4.53. The zero-order chi connectivity index (χ0) is 12.3. The average molecular weight is 228 g/mol. The number of nitrogen functional groups attached to an aromatic ring is 1. The van der Waals surface area contributed by atoms with Crippen molar-refractivity contribution < 1.29 is 0 Å². The van der Waals surface area contributed by atoms with Crippen LogP contribution in [-0.2, 0) is 13.6 Å². The van der Waals surface area contributed by atoms with Crippen LogP contribution in [0.15, 0.2) is 24.5 Å². The largest absolute Gasteiger partial charge is 0.399 e. The number of hydrogen-bond donors (Lipinski definition) is 2. The molecule has 0 saturated carbocycles. The van der Waals surface area contributed by atoms with Crippen molar-refractivity contribution in [1.29, 1.82) is 5.26 Å². The molecule has 1 aromatic carbocycles. The first-order valence-corrected chi connectivity index (χ1v) is 5.07. The Bertz CT molecular complexity index is 566. The molecule has 17 heavy (non-hydrogen) atoms. The summed E-state index contributed by atoms with van der Waals surface area (Å²) in [6, 6.07) is 7.27. The standard InChI is InChI=1S/C11H12N6/c1-17-7-15-16-11(17)6-14-10-3-2-9(13)4-8(10)5-12/h2-4,7,14H,6,13H2,1H3. The van der Waals surface area contributed by atoms with Gasteiger partial charge in [0, 0.05) is 12.7 Å². The topological polar surface area (TPSA) is 92.6 Å². The van der Waals surface area contributed by atoms with Crippen LogP contribution in [0.3, 0.4) is 0 Å². The van der Waals surface area contributed by atoms with Crippen molar-refractivity contribution in [1.82, 2.24) is 14.8 Å². The van der Waals surface area contributed by atoms with Gasteiger partial charge in [-0.15, -0.1) is 10.2 Å². The fourth-order valence-electron chi connectivity index (χ4n) is 1.45. The van der Waals surface area contributed by atoms with Crippen LogP contribution in [0.1, 0.15) is 11.4 Å². The highest BCUT2D eigenvalue weighted by Crippen LogP contribution is 2.18. The second-order valence-corrected chi connectivity index (χ2v) is 3.63. The van der Waals surface area contributed by atoms with E-state index in [1.807, 2.05) is 11.6 Å². The summed E-state index contributed by atoms with van der Waals surface area (Å²) < 4.78 is 1.82. The van der Waals surface area contributed by atoms with Crippen LogP contribution >= 0.6 is 0 Å². The number of nitrogens with one attached hydrogen (secondary N) is 1. The third-order valence-corrected chi connectivity index (χ3v) is 2.41. The van der Waals surface area contributed by atoms with Gasteiger partial charge in [0.15, 0.2) is 5.82 Å². The number of hydrogen-bond acceptors (Lipinski definition) is 5. The van der Waals surface area contributed by atoms with Crippen molar-refractivity contribution in [2.24, 2.45) is 7.05 Å². The molecule has 1 heterocycles. The lowest BCUT2D eigenvalue weighted by atomic mass is 10.1. The highest BCUT2D eigenvalue weighted by molar-refractivity contribution is 5.62. The van der Waals surface area contributed by atoms with Crippen molar-refractivity contribution in [3.8, 4) is 6.07 Å². The highest BCUT2D eigenvalue weighted by Gasteiger charge is 2.04. The number of nitriles is 1. The van der Waals surface area contributed by atoms with E-state index in [1.165, 1.54) is 0 Å². The highest BCUT2D eigenvalue weighted by atomic mass is 15.3. The molecule has 0 fully saturated rings. The lowest BCUT2D eigenvalue weighted by Crippen LogP contribution is -2.06. The fraction of sp³-hybridized carbons (Fsp3) is 0.182. The lowest BCUT2D eigenvalue weighted by molar-refractivity contribution is 0.812. The van der Waals surface area contributed by atoms with Gasteiger partial charge in [0.25, 0.3) is 0 Å². The van der Waals surface area contributed by atoms with E-state index in [9.17, 15) is 0 Å². The first kappa shape index (κ1) is 11.0. The van der Waals surface area contributed by atoms with Gasteiger partial charge in [0.1, 0.15) is 12.4 Å². The number of aromatic nitrogens is 3. The molecule has 0 spiro atoms. The van der Waals surface area contributed by atoms with Crippen LogP contribution in [0.4, 0.5) is 11.4 Å². The molecule has 2 aromatic rings. The van der Waals surface area contributed by atoms with Gasteiger partial charge in [-0.2, -0.15) is 5.26 Å². The van der Waals surface area contributed by atoms with Crippen LogP contribution in [-0.4, -0.2) is 14.8 Å². The van der Waals surface area contributed by atoms with E-state index in [0.717, 1.165) is 11.5 Å². The van der Waals surface area contributed by atoms with Crippen LogP contribution in [0.5, 0.6) is 0 Å². The van der Waals surface area contributed by atoms with E-state index < -0.39 is 0 Å². The fourth-order valence-corrected chi connectivity index (χ4v) is 1.45. The molecule has 0 aliphatic carbocycles. The molecule has 0 amide bonds. The van der Waals surface area contributed by atoms with E-state index in [0.29, 0.717) is 17.8 Å². The Morgan fingerprint density at radius 1 is 1.53 bits per heavy atom. The molecule has 6 heteroatoms. The third-order valence-electron chi connectivity index (χ3n) is 2.41. The zero-order valence-corrected chi connectivity index (χ0v) is 9.38. The van der Waals surface area contributed by atoms with Crippen molar-refractivity contribution in [2.75, 3.05) is 11.1 Å². The maximum absolute atomic E-state index is 8.98. The van der Waals surface area contributed by atoms with Crippen molar-refractivity contribution in [3.63, 3.8) is 0 Å². The summed E-state index contributed by atoms with van der Waals surface area (Å²) in [6.07, 6.45) is 1.63. The molecule has 1 aromatic heterocycles. The number of anilines is 2. The summed E-state index contributed by atoms with van der Waals surface area (Å²) in [5, 5.41) is 19.8. The predicted molar refractivity (Wildman–Crippen MR) is 63.9 cm³/mol. The Balaban J connectivity index is 2.15. The summed E-state index contributed by atoms with van der Waals surface area (Å²) in [5.74, 6) is 0.797. The molecule has 0 aliphatic heterocycles. The smallest absolute Gasteiger partial charge is 0.151 e. The van der Waals surface area contributed by atoms with Gasteiger partial charge in [-0.25, -0.2) is 0 Å². The molecule has 0 atom stereocenters. The van der Waals surface area contributed by atoms with Gasteiger partial charge >= 0.3 is 0 Å². The van der Waals surface area contributed by atoms with E-state index in [1.54, 1.807) is 24.5 Å². The Hall–Kier alpha value is -2.55. The quantitative estimate of drug-likeness (QED) is 0.761. The predicted octanol–water partition coefficient (Wildman–Crippen LogP) is 0.881. The van der Waals surface area contributed by atoms with E-state index in [4.69, 9.17) is 11.0 Å². The van der Waals surface area contributed by atoms with Crippen LogP contribution < -0.4 is 11.1 Å². The summed E-state index contributed by atoms with van der Waals surface area (Å²) in [4.78, 5) is 0. The van der Waals surface area contributed by atoms with Gasteiger partial charge < -0.3 is 15.6 Å². The summed E-state index contributed by atoms with van der Waals surface area (Å²) in [7, 11) is 1.87. The van der Waals surface area contributed by atoms with Gasteiger partial charge in [-0.3, -0.25) is 0 Å². The molecule has 0 unspecified atom stereocenters. The van der Waals surface area contributed by atoms with Gasteiger partial charge in [-0.05, 0) is 18.2 Å². The van der Waals surface area contributed by atoms with Crippen molar-refractivity contribution in [3.05, 3.63) is 35.9 Å². The van der Waals surface area contributed by atoms with Gasteiger partial charge in [0.05, 0.1) is 17.8 Å². The SMILES string of the molecule is Cn1cnnc1CNc1ccc(N)cc1C#N. The molecule has 0 radical (unpaired) electrons. The number of nitrogens with zero attached hydrogens (tertiary/aromatic N) is 4. The first-order chi connectivity index (χ1) is 8.20. The average Bonchev–Trinajstić information content (AvgIpc) is 2.73. The maximum atomic E-state index is 8.98. The molecule has 0 bridgehead atoms. The molecule has 6 nitrogen and oxygen atoms in total. The molecule has 3 N–H and O–H groups in total. The second-order valence-electron chi connectivity index (χ2n) is 3.63. The van der Waals surface area contributed by atoms with Gasteiger partial charge in [0.2, 0.25) is 0 Å². The van der Waals surface area contributed by atoms with E-state index in [-0.39, 0.29) is 0 Å². The summed E-state index contributed by atoms with van der Waals surface area (Å²) in [5.41, 5.74) is 7.45. The normalized spacial score (nSPS) is 9.88. The minimum Gasteiger partial charge on any atom is -0.399 e. The molecule has 0 saturated heterocycles. The number of aryl methyl sites for hydroxylation is 1. The zero-order valence-electron chi connectivity index (χ0n) is 9.38. The monoisotopic (exact) mass is 228 g/mol. The molecule has 86 valence electrons. The number of rotatable bonds is 3. The molecule has 2 rings (SSSR count). The van der Waals surface area contributed by atoms with E-state index >= 15 is 0 Å². The van der Waals surface area contributed by atoms with Crippen LogP contribution in [0.2, 0.25) is 0 Å². The Labute approximate surface area is 98.7 Å². The van der Waals surface area contributed by atoms with Crippen molar-refractivity contribution >= 4 is 11.4 Å². The van der Waals surface area contributed by atoms with E-state index in [2.05, 4.69) is 21.6 Å². The minimum atomic E-state index is 0.509. The maximum Gasteiger partial charge on any atom is 0.151 e. The van der Waals surface area contributed by atoms with Crippen LogP contribution in [0, 0.1) is 11.3 Å². The Morgan fingerprint density at radius 2 is 2.35 bits per heavy atom. The Kier molecular flexibility index (Phi) is 2.92. The van der Waals surface area contributed by atoms with Crippen molar-refractivity contribution in [2.45, 2.75) is 6.54 Å².